The summed E-state index contributed by atoms with van der Waals surface area (Å²) in [7, 11) is 0. The first-order valence-electron chi connectivity index (χ1n) is 6.75. The van der Waals surface area contributed by atoms with Crippen LogP contribution >= 0.6 is 0 Å². The minimum atomic E-state index is -2.04. The first-order chi connectivity index (χ1) is 9.43. The van der Waals surface area contributed by atoms with Gasteiger partial charge in [-0.15, -0.1) is 0 Å². The van der Waals surface area contributed by atoms with Gasteiger partial charge in [0, 0.05) is 43.4 Å². The van der Waals surface area contributed by atoms with E-state index in [0.717, 1.165) is 0 Å². The second-order valence-corrected chi connectivity index (χ2v) is 5.49. The van der Waals surface area contributed by atoms with Crippen molar-refractivity contribution in [3.63, 3.8) is 0 Å². The lowest BCUT2D eigenvalue weighted by Crippen LogP contribution is -2.57. The summed E-state index contributed by atoms with van der Waals surface area (Å²) >= 11 is 0. The van der Waals surface area contributed by atoms with E-state index < -0.39 is 54.7 Å². The van der Waals surface area contributed by atoms with Gasteiger partial charge >= 0.3 is 0 Å². The highest BCUT2D eigenvalue weighted by molar-refractivity contribution is 5.12. The van der Waals surface area contributed by atoms with Crippen molar-refractivity contribution in [1.82, 2.24) is 0 Å². The topological polar surface area (TPSA) is 173 Å². The van der Waals surface area contributed by atoms with Gasteiger partial charge in [-0.05, 0) is 6.54 Å². The molecule has 1 saturated carbocycles. The molecule has 10 N–H and O–H groups in total. The molecule has 0 aromatic rings. The summed E-state index contributed by atoms with van der Waals surface area (Å²) in [5, 5.41) is 59.3. The van der Waals surface area contributed by atoms with Gasteiger partial charge in [-0.1, -0.05) is 0 Å². The molecule has 0 radical (unpaired) electrons. The average Bonchev–Trinajstić information content (AvgIpc) is 2.64. The Morgan fingerprint density at radius 3 is 1.90 bits per heavy atom. The average molecular weight is 294 g/mol. The maximum Gasteiger partial charge on any atom is 0.123 e. The maximum absolute atomic E-state index is 10.6. The van der Waals surface area contributed by atoms with Gasteiger partial charge in [-0.2, -0.15) is 0 Å². The van der Waals surface area contributed by atoms with Crippen LogP contribution in [0, 0.1) is 23.7 Å². The van der Waals surface area contributed by atoms with Gasteiger partial charge < -0.3 is 42.1 Å². The van der Waals surface area contributed by atoms with Crippen LogP contribution < -0.4 is 11.5 Å². The second kappa shape index (κ2) is 7.10. The van der Waals surface area contributed by atoms with E-state index >= 15 is 0 Å². The third-order valence-electron chi connectivity index (χ3n) is 4.66. The van der Waals surface area contributed by atoms with Crippen molar-refractivity contribution in [1.29, 1.82) is 0 Å². The van der Waals surface area contributed by atoms with Crippen molar-refractivity contribution in [2.45, 2.75) is 17.8 Å². The number of hydrogen-bond acceptors (Lipinski definition) is 8. The maximum atomic E-state index is 10.6. The summed E-state index contributed by atoms with van der Waals surface area (Å²) in [4.78, 5) is 0. The molecule has 0 spiro atoms. The predicted octanol–water partition coefficient (Wildman–Crippen LogP) is -4.19. The molecular weight excluding hydrogens is 268 g/mol. The molecule has 8 heteroatoms. The Kier molecular flexibility index (Phi) is 6.29. The fourth-order valence-corrected chi connectivity index (χ4v) is 3.35. The van der Waals surface area contributed by atoms with Crippen LogP contribution in [0.15, 0.2) is 0 Å². The van der Waals surface area contributed by atoms with E-state index in [1.54, 1.807) is 0 Å². The molecule has 1 aliphatic rings. The normalized spacial score (nSPS) is 40.8. The number of aliphatic hydroxyl groups excluding tert-OH is 5. The third-order valence-corrected chi connectivity index (χ3v) is 4.66. The van der Waals surface area contributed by atoms with Gasteiger partial charge in [0.1, 0.15) is 5.60 Å². The lowest BCUT2D eigenvalue weighted by atomic mass is 9.79. The van der Waals surface area contributed by atoms with E-state index in [1.807, 2.05) is 0 Å². The van der Waals surface area contributed by atoms with E-state index in [9.17, 15) is 30.6 Å². The molecule has 7 unspecified atom stereocenters. The van der Waals surface area contributed by atoms with E-state index in [4.69, 9.17) is 11.5 Å². The van der Waals surface area contributed by atoms with Crippen LogP contribution in [-0.2, 0) is 0 Å². The van der Waals surface area contributed by atoms with Gasteiger partial charge in [-0.25, -0.2) is 0 Å². The standard InChI is InChI=1S/C12H26N2O6/c13-1-6(3-15)9-8(5-17)10(18)12(20,11(9)19)7(2-14)4-16/h6-11,15-20H,1-5,13-14H2. The molecule has 120 valence electrons. The van der Waals surface area contributed by atoms with Gasteiger partial charge in [0.15, 0.2) is 0 Å². The van der Waals surface area contributed by atoms with Crippen LogP contribution in [0.25, 0.3) is 0 Å². The lowest BCUT2D eigenvalue weighted by Gasteiger charge is -2.37. The van der Waals surface area contributed by atoms with E-state index in [-0.39, 0.29) is 19.7 Å². The van der Waals surface area contributed by atoms with Crippen molar-refractivity contribution >= 4 is 0 Å². The van der Waals surface area contributed by atoms with Crippen molar-refractivity contribution in [2.75, 3.05) is 32.9 Å². The summed E-state index contributed by atoms with van der Waals surface area (Å²) in [6.07, 6.45) is -2.91. The fourth-order valence-electron chi connectivity index (χ4n) is 3.35. The monoisotopic (exact) mass is 294 g/mol. The SMILES string of the molecule is NCC(CO)C1C(CO)C(O)C(O)(C(CN)CO)C1O. The van der Waals surface area contributed by atoms with Gasteiger partial charge in [0.2, 0.25) is 0 Å². The molecule has 0 aliphatic heterocycles. The van der Waals surface area contributed by atoms with E-state index in [1.165, 1.54) is 0 Å². The summed E-state index contributed by atoms with van der Waals surface area (Å²) in [5.41, 5.74) is 8.96. The Labute approximate surface area is 117 Å². The minimum absolute atomic E-state index is 0.0317. The number of rotatable bonds is 7. The molecule has 1 fully saturated rings. The molecular formula is C12H26N2O6. The van der Waals surface area contributed by atoms with Crippen molar-refractivity contribution in [3.05, 3.63) is 0 Å². The Bertz CT molecular complexity index is 300. The zero-order chi connectivity index (χ0) is 15.5. The van der Waals surface area contributed by atoms with Gasteiger partial charge in [-0.3, -0.25) is 0 Å². The molecule has 0 aromatic carbocycles. The van der Waals surface area contributed by atoms with E-state index in [2.05, 4.69) is 0 Å². The van der Waals surface area contributed by atoms with Crippen LogP contribution in [-0.4, -0.2) is 81.4 Å². The third kappa shape index (κ3) is 2.58. The van der Waals surface area contributed by atoms with Crippen molar-refractivity contribution in [3.8, 4) is 0 Å². The minimum Gasteiger partial charge on any atom is -0.396 e. The van der Waals surface area contributed by atoms with Crippen LogP contribution in [0.2, 0.25) is 0 Å². The summed E-state index contributed by atoms with van der Waals surface area (Å²) in [6.45, 7) is -1.45. The van der Waals surface area contributed by atoms with Crippen molar-refractivity contribution < 1.29 is 30.6 Å². The van der Waals surface area contributed by atoms with Gasteiger partial charge in [0.25, 0.3) is 0 Å². The first-order valence-corrected chi connectivity index (χ1v) is 6.75. The Morgan fingerprint density at radius 1 is 0.950 bits per heavy atom. The molecule has 0 bridgehead atoms. The Hall–Kier alpha value is -0.320. The summed E-state index contributed by atoms with van der Waals surface area (Å²) in [6, 6.07) is 0. The van der Waals surface area contributed by atoms with Crippen LogP contribution in [0.1, 0.15) is 0 Å². The molecule has 0 saturated heterocycles. The highest BCUT2D eigenvalue weighted by Crippen LogP contribution is 2.46. The van der Waals surface area contributed by atoms with E-state index in [0.29, 0.717) is 0 Å². The zero-order valence-corrected chi connectivity index (χ0v) is 11.3. The molecule has 0 amide bonds. The second-order valence-electron chi connectivity index (χ2n) is 5.49. The molecule has 20 heavy (non-hydrogen) atoms. The lowest BCUT2D eigenvalue weighted by molar-refractivity contribution is -0.164. The van der Waals surface area contributed by atoms with Crippen LogP contribution in [0.5, 0.6) is 0 Å². The Morgan fingerprint density at radius 2 is 1.55 bits per heavy atom. The smallest absolute Gasteiger partial charge is 0.123 e. The van der Waals surface area contributed by atoms with Crippen LogP contribution in [0.3, 0.4) is 0 Å². The predicted molar refractivity (Wildman–Crippen MR) is 70.3 cm³/mol. The summed E-state index contributed by atoms with van der Waals surface area (Å²) < 4.78 is 0. The molecule has 0 heterocycles. The highest BCUT2D eigenvalue weighted by Gasteiger charge is 2.62. The molecule has 1 aliphatic carbocycles. The zero-order valence-electron chi connectivity index (χ0n) is 11.3. The molecule has 1 rings (SSSR count). The number of aliphatic hydroxyl groups is 6. The van der Waals surface area contributed by atoms with Gasteiger partial charge in [0.05, 0.1) is 18.8 Å². The van der Waals surface area contributed by atoms with Crippen molar-refractivity contribution in [2.24, 2.45) is 35.1 Å². The molecule has 8 nitrogen and oxygen atoms in total. The highest BCUT2D eigenvalue weighted by atomic mass is 16.4. The number of hydrogen-bond donors (Lipinski definition) is 8. The Balaban J connectivity index is 3.17. The quantitative estimate of drug-likeness (QED) is 0.233. The van der Waals surface area contributed by atoms with Crippen LogP contribution in [0.4, 0.5) is 0 Å². The largest absolute Gasteiger partial charge is 0.396 e. The first kappa shape index (κ1) is 17.7. The molecule has 7 atom stereocenters. The summed E-state index contributed by atoms with van der Waals surface area (Å²) in [5.74, 6) is -3.15. The fraction of sp³-hybridized carbons (Fsp3) is 1.00. The number of nitrogens with two attached hydrogens (primary N) is 2. The molecule has 0 aromatic heterocycles.